The van der Waals surface area contributed by atoms with Crippen LogP contribution in [0.5, 0.6) is 0 Å². The van der Waals surface area contributed by atoms with Gasteiger partial charge in [0, 0.05) is 18.5 Å². The Bertz CT molecular complexity index is 525. The van der Waals surface area contributed by atoms with E-state index in [0.717, 1.165) is 30.1 Å². The van der Waals surface area contributed by atoms with Crippen molar-refractivity contribution in [1.29, 1.82) is 0 Å². The fraction of sp³-hybridized carbons (Fsp3) is 0.438. The van der Waals surface area contributed by atoms with E-state index < -0.39 is 0 Å². The normalized spacial score (nSPS) is 12.6. The highest BCUT2D eigenvalue weighted by Crippen LogP contribution is 2.31. The summed E-state index contributed by atoms with van der Waals surface area (Å²) in [5.41, 5.74) is 2.34. The number of thiazole rings is 1. The number of methoxy groups -OCH3 is 1. The molecule has 0 saturated heterocycles. The number of aromatic nitrogens is 1. The number of hydrogen-bond donors (Lipinski definition) is 1. The Morgan fingerprint density at radius 1 is 1.25 bits per heavy atom. The number of aryl methyl sites for hydroxylation is 1. The van der Waals surface area contributed by atoms with Crippen molar-refractivity contribution in [1.82, 2.24) is 10.3 Å². The minimum atomic E-state index is -0.0677. The van der Waals surface area contributed by atoms with Crippen LogP contribution in [0.2, 0.25) is 0 Å². The van der Waals surface area contributed by atoms with E-state index in [4.69, 9.17) is 9.72 Å². The van der Waals surface area contributed by atoms with Gasteiger partial charge in [0.25, 0.3) is 0 Å². The molecule has 0 aliphatic carbocycles. The zero-order valence-corrected chi connectivity index (χ0v) is 13.2. The Balaban J connectivity index is 2.28. The Labute approximate surface area is 125 Å². The van der Waals surface area contributed by atoms with Gasteiger partial charge < -0.3 is 10.1 Å². The van der Waals surface area contributed by atoms with Gasteiger partial charge in [-0.05, 0) is 18.5 Å². The maximum absolute atomic E-state index is 5.67. The summed E-state index contributed by atoms with van der Waals surface area (Å²) in [6, 6.07) is 10.3. The van der Waals surface area contributed by atoms with E-state index in [0.29, 0.717) is 0 Å². The molecular formula is C16H22N2OS. The molecular weight excluding hydrogens is 268 g/mol. The van der Waals surface area contributed by atoms with E-state index in [-0.39, 0.29) is 6.10 Å². The summed E-state index contributed by atoms with van der Waals surface area (Å²) in [7, 11) is 1.74. The maximum atomic E-state index is 5.67. The first-order chi connectivity index (χ1) is 9.80. The number of ether oxygens (including phenoxy) is 1. The van der Waals surface area contributed by atoms with Crippen molar-refractivity contribution in [3.8, 4) is 0 Å². The van der Waals surface area contributed by atoms with Crippen LogP contribution in [0.1, 0.15) is 41.1 Å². The number of hydrogen-bond acceptors (Lipinski definition) is 4. The summed E-state index contributed by atoms with van der Waals surface area (Å²) in [6.45, 7) is 6.14. The van der Waals surface area contributed by atoms with E-state index >= 15 is 0 Å². The van der Waals surface area contributed by atoms with E-state index in [9.17, 15) is 0 Å². The van der Waals surface area contributed by atoms with E-state index in [1.54, 1.807) is 18.4 Å². The average Bonchev–Trinajstić information content (AvgIpc) is 2.90. The minimum absolute atomic E-state index is 0.0677. The van der Waals surface area contributed by atoms with Crippen molar-refractivity contribution in [2.45, 2.75) is 32.9 Å². The van der Waals surface area contributed by atoms with E-state index in [1.165, 1.54) is 10.6 Å². The number of rotatable bonds is 7. The molecule has 0 aliphatic heterocycles. The molecule has 0 bridgehead atoms. The Kier molecular flexibility index (Phi) is 5.71. The topological polar surface area (TPSA) is 34.1 Å². The molecule has 108 valence electrons. The summed E-state index contributed by atoms with van der Waals surface area (Å²) >= 11 is 1.75. The monoisotopic (exact) mass is 290 g/mol. The summed E-state index contributed by atoms with van der Waals surface area (Å²) in [6.07, 6.45) is 0.893. The second-order valence-corrected chi connectivity index (χ2v) is 5.70. The third kappa shape index (κ3) is 3.45. The van der Waals surface area contributed by atoms with Crippen LogP contribution < -0.4 is 5.32 Å². The van der Waals surface area contributed by atoms with Crippen molar-refractivity contribution in [3.63, 3.8) is 0 Å². The largest absolute Gasteiger partial charge is 0.370 e. The van der Waals surface area contributed by atoms with Crippen molar-refractivity contribution in [2.75, 3.05) is 13.7 Å². The predicted molar refractivity (Wildman–Crippen MR) is 84.2 cm³/mol. The maximum Gasteiger partial charge on any atom is 0.134 e. The molecule has 2 rings (SSSR count). The molecule has 1 unspecified atom stereocenters. The fourth-order valence-corrected chi connectivity index (χ4v) is 3.41. The SMILES string of the molecule is CCNCc1sc(C(OC)c2ccccc2)nc1CC. The molecule has 3 nitrogen and oxygen atoms in total. The van der Waals surface area contributed by atoms with Crippen LogP contribution in [0.15, 0.2) is 30.3 Å². The van der Waals surface area contributed by atoms with Gasteiger partial charge in [-0.15, -0.1) is 11.3 Å². The highest BCUT2D eigenvalue weighted by Gasteiger charge is 2.19. The molecule has 0 fully saturated rings. The van der Waals surface area contributed by atoms with Gasteiger partial charge in [0.2, 0.25) is 0 Å². The first-order valence-electron chi connectivity index (χ1n) is 7.07. The predicted octanol–water partition coefficient (Wildman–Crippen LogP) is 3.55. The highest BCUT2D eigenvalue weighted by molar-refractivity contribution is 7.11. The second-order valence-electron chi connectivity index (χ2n) is 4.58. The molecule has 0 amide bonds. The quantitative estimate of drug-likeness (QED) is 0.846. The van der Waals surface area contributed by atoms with Crippen LogP contribution in [0.4, 0.5) is 0 Å². The molecule has 1 N–H and O–H groups in total. The first kappa shape index (κ1) is 15.2. The number of benzene rings is 1. The van der Waals surface area contributed by atoms with Gasteiger partial charge in [0.1, 0.15) is 11.1 Å². The van der Waals surface area contributed by atoms with Crippen molar-refractivity contribution in [3.05, 3.63) is 51.5 Å². The summed E-state index contributed by atoms with van der Waals surface area (Å²) in [4.78, 5) is 6.10. The molecule has 1 aromatic carbocycles. The molecule has 1 atom stereocenters. The van der Waals surface area contributed by atoms with Gasteiger partial charge in [0.15, 0.2) is 0 Å². The average molecular weight is 290 g/mol. The number of nitrogens with one attached hydrogen (secondary N) is 1. The van der Waals surface area contributed by atoms with Crippen LogP contribution in [-0.2, 0) is 17.7 Å². The van der Waals surface area contributed by atoms with Crippen molar-refractivity contribution >= 4 is 11.3 Å². The van der Waals surface area contributed by atoms with Gasteiger partial charge in [-0.2, -0.15) is 0 Å². The van der Waals surface area contributed by atoms with Gasteiger partial charge in [-0.3, -0.25) is 0 Å². The molecule has 1 aromatic heterocycles. The molecule has 1 heterocycles. The van der Waals surface area contributed by atoms with E-state index in [1.807, 2.05) is 18.2 Å². The highest BCUT2D eigenvalue weighted by atomic mass is 32.1. The third-order valence-electron chi connectivity index (χ3n) is 3.23. The van der Waals surface area contributed by atoms with Gasteiger partial charge >= 0.3 is 0 Å². The molecule has 0 radical (unpaired) electrons. The van der Waals surface area contributed by atoms with Crippen molar-refractivity contribution in [2.24, 2.45) is 0 Å². The molecule has 0 aliphatic rings. The zero-order valence-electron chi connectivity index (χ0n) is 12.3. The van der Waals surface area contributed by atoms with E-state index in [2.05, 4.69) is 31.3 Å². The summed E-state index contributed by atoms with van der Waals surface area (Å²) < 4.78 is 5.67. The van der Waals surface area contributed by atoms with Gasteiger partial charge in [0.05, 0.1) is 5.69 Å². The third-order valence-corrected chi connectivity index (χ3v) is 4.37. The number of nitrogens with zero attached hydrogens (tertiary/aromatic N) is 1. The zero-order chi connectivity index (χ0) is 14.4. The molecule has 0 spiro atoms. The summed E-state index contributed by atoms with van der Waals surface area (Å²) in [5.74, 6) is 0. The Morgan fingerprint density at radius 2 is 2.00 bits per heavy atom. The summed E-state index contributed by atoms with van der Waals surface area (Å²) in [5, 5.41) is 4.42. The molecule has 20 heavy (non-hydrogen) atoms. The van der Waals surface area contributed by atoms with Crippen LogP contribution in [0.3, 0.4) is 0 Å². The smallest absolute Gasteiger partial charge is 0.134 e. The first-order valence-corrected chi connectivity index (χ1v) is 7.88. The lowest BCUT2D eigenvalue weighted by Crippen LogP contribution is -2.11. The molecule has 4 heteroatoms. The Hall–Kier alpha value is -1.23. The van der Waals surface area contributed by atoms with Crippen LogP contribution in [0, 0.1) is 0 Å². The molecule has 2 aromatic rings. The van der Waals surface area contributed by atoms with Crippen LogP contribution >= 0.6 is 11.3 Å². The second kappa shape index (κ2) is 7.53. The van der Waals surface area contributed by atoms with Crippen LogP contribution in [-0.4, -0.2) is 18.6 Å². The van der Waals surface area contributed by atoms with Crippen molar-refractivity contribution < 1.29 is 4.74 Å². The lowest BCUT2D eigenvalue weighted by Gasteiger charge is -2.12. The lowest BCUT2D eigenvalue weighted by atomic mass is 10.1. The molecule has 0 saturated carbocycles. The van der Waals surface area contributed by atoms with Gasteiger partial charge in [-0.1, -0.05) is 44.2 Å². The Morgan fingerprint density at radius 3 is 2.60 bits per heavy atom. The fourth-order valence-electron chi connectivity index (χ4n) is 2.18. The van der Waals surface area contributed by atoms with Crippen LogP contribution in [0.25, 0.3) is 0 Å². The van der Waals surface area contributed by atoms with Gasteiger partial charge in [-0.25, -0.2) is 4.98 Å². The standard InChI is InChI=1S/C16H22N2OS/c1-4-13-14(11-17-5-2)20-16(18-13)15(19-3)12-9-7-6-8-10-12/h6-10,15,17H,4-5,11H2,1-3H3. The minimum Gasteiger partial charge on any atom is -0.370 e. The lowest BCUT2D eigenvalue weighted by molar-refractivity contribution is 0.136.